The zero-order valence-electron chi connectivity index (χ0n) is 11.3. The smallest absolute Gasteiger partial charge is 0.159 e. The van der Waals surface area contributed by atoms with E-state index in [2.05, 4.69) is 5.32 Å². The summed E-state index contributed by atoms with van der Waals surface area (Å²) in [6.07, 6.45) is 6.10. The standard InChI is InChI=1S/C15H21F2NS/c1-18-12(10-19-13-4-2-3-5-13)8-11-6-7-14(16)15(17)9-11/h6-7,9,12-13,18H,2-5,8,10H2,1H3. The Balaban J connectivity index is 1.85. The summed E-state index contributed by atoms with van der Waals surface area (Å²) in [5.41, 5.74) is 0.852. The van der Waals surface area contributed by atoms with Gasteiger partial charge >= 0.3 is 0 Å². The summed E-state index contributed by atoms with van der Waals surface area (Å²) >= 11 is 2.01. The van der Waals surface area contributed by atoms with Gasteiger partial charge in [-0.2, -0.15) is 11.8 Å². The van der Waals surface area contributed by atoms with Crippen LogP contribution in [0.5, 0.6) is 0 Å². The Kier molecular flexibility index (Phi) is 5.64. The van der Waals surface area contributed by atoms with Crippen LogP contribution >= 0.6 is 11.8 Å². The Bertz CT molecular complexity index is 405. The molecule has 1 fully saturated rings. The van der Waals surface area contributed by atoms with Gasteiger partial charge in [0.25, 0.3) is 0 Å². The minimum Gasteiger partial charge on any atom is -0.316 e. The molecule has 0 saturated heterocycles. The predicted octanol–water partition coefficient (Wildman–Crippen LogP) is 3.77. The van der Waals surface area contributed by atoms with Gasteiger partial charge < -0.3 is 5.32 Å². The maximum absolute atomic E-state index is 13.2. The highest BCUT2D eigenvalue weighted by Crippen LogP contribution is 2.30. The largest absolute Gasteiger partial charge is 0.316 e. The Morgan fingerprint density at radius 3 is 2.63 bits per heavy atom. The van der Waals surface area contributed by atoms with Crippen LogP contribution in [0.4, 0.5) is 8.78 Å². The molecule has 1 unspecified atom stereocenters. The highest BCUT2D eigenvalue weighted by molar-refractivity contribution is 7.99. The first-order valence-corrected chi connectivity index (χ1v) is 7.96. The molecule has 2 rings (SSSR count). The van der Waals surface area contributed by atoms with Crippen LogP contribution in [-0.2, 0) is 6.42 Å². The van der Waals surface area contributed by atoms with Crippen molar-refractivity contribution in [1.82, 2.24) is 5.32 Å². The van der Waals surface area contributed by atoms with Gasteiger partial charge in [-0.1, -0.05) is 18.9 Å². The van der Waals surface area contributed by atoms with Crippen LogP contribution in [0.2, 0.25) is 0 Å². The highest BCUT2D eigenvalue weighted by atomic mass is 32.2. The maximum Gasteiger partial charge on any atom is 0.159 e. The summed E-state index contributed by atoms with van der Waals surface area (Å²) in [6, 6.07) is 4.50. The van der Waals surface area contributed by atoms with E-state index in [1.165, 1.54) is 37.8 Å². The second kappa shape index (κ2) is 7.25. The molecule has 1 N–H and O–H groups in total. The fraction of sp³-hybridized carbons (Fsp3) is 0.600. The number of thioether (sulfide) groups is 1. The summed E-state index contributed by atoms with van der Waals surface area (Å²) in [5.74, 6) is -0.499. The van der Waals surface area contributed by atoms with E-state index in [1.54, 1.807) is 6.07 Å². The lowest BCUT2D eigenvalue weighted by molar-refractivity contribution is 0.505. The molecular weight excluding hydrogens is 264 g/mol. The van der Waals surface area contributed by atoms with Gasteiger partial charge in [0.2, 0.25) is 0 Å². The molecule has 0 heterocycles. The van der Waals surface area contributed by atoms with E-state index in [0.29, 0.717) is 6.04 Å². The molecule has 0 spiro atoms. The molecule has 0 radical (unpaired) electrons. The Morgan fingerprint density at radius 2 is 2.00 bits per heavy atom. The van der Waals surface area contributed by atoms with E-state index in [9.17, 15) is 8.78 Å². The van der Waals surface area contributed by atoms with Crippen LogP contribution in [-0.4, -0.2) is 24.1 Å². The Morgan fingerprint density at radius 1 is 1.26 bits per heavy atom. The van der Waals surface area contributed by atoms with Crippen molar-refractivity contribution < 1.29 is 8.78 Å². The zero-order chi connectivity index (χ0) is 13.7. The molecule has 1 saturated carbocycles. The fourth-order valence-corrected chi connectivity index (χ4v) is 3.96. The van der Waals surface area contributed by atoms with Crippen molar-refractivity contribution in [3.63, 3.8) is 0 Å². The van der Waals surface area contributed by atoms with E-state index in [1.807, 2.05) is 18.8 Å². The van der Waals surface area contributed by atoms with Gasteiger partial charge in [0.05, 0.1) is 0 Å². The molecule has 0 aliphatic heterocycles. The van der Waals surface area contributed by atoms with Gasteiger partial charge in [-0.25, -0.2) is 8.78 Å². The molecule has 1 aromatic rings. The third-order valence-corrected chi connectivity index (χ3v) is 5.25. The maximum atomic E-state index is 13.2. The molecule has 1 aromatic carbocycles. The molecule has 0 bridgehead atoms. The number of nitrogens with one attached hydrogen (secondary N) is 1. The second-order valence-corrected chi connectivity index (χ2v) is 6.51. The first kappa shape index (κ1) is 14.8. The van der Waals surface area contributed by atoms with Crippen molar-refractivity contribution in [3.05, 3.63) is 35.4 Å². The van der Waals surface area contributed by atoms with Crippen LogP contribution in [0.25, 0.3) is 0 Å². The zero-order valence-corrected chi connectivity index (χ0v) is 12.1. The summed E-state index contributed by atoms with van der Waals surface area (Å²) in [4.78, 5) is 0. The van der Waals surface area contributed by atoms with Gasteiger partial charge in [-0.3, -0.25) is 0 Å². The third kappa shape index (κ3) is 4.46. The first-order valence-electron chi connectivity index (χ1n) is 6.92. The van der Waals surface area contributed by atoms with Gasteiger partial charge in [-0.15, -0.1) is 0 Å². The first-order chi connectivity index (χ1) is 9.19. The predicted molar refractivity (Wildman–Crippen MR) is 77.6 cm³/mol. The number of benzene rings is 1. The minimum absolute atomic E-state index is 0.315. The highest BCUT2D eigenvalue weighted by Gasteiger charge is 2.17. The van der Waals surface area contributed by atoms with Gasteiger partial charge in [0.1, 0.15) is 0 Å². The van der Waals surface area contributed by atoms with E-state index >= 15 is 0 Å². The topological polar surface area (TPSA) is 12.0 Å². The molecule has 0 amide bonds. The van der Waals surface area contributed by atoms with Crippen LogP contribution in [0.3, 0.4) is 0 Å². The molecular formula is C15H21F2NS. The Labute approximate surface area is 118 Å². The number of hydrogen-bond donors (Lipinski definition) is 1. The van der Waals surface area contributed by atoms with Crippen LogP contribution < -0.4 is 5.32 Å². The lowest BCUT2D eigenvalue weighted by atomic mass is 10.1. The molecule has 0 aromatic heterocycles. The van der Waals surface area contributed by atoms with E-state index in [0.717, 1.165) is 23.0 Å². The van der Waals surface area contributed by atoms with Crippen LogP contribution in [0.1, 0.15) is 31.2 Å². The van der Waals surface area contributed by atoms with Gasteiger partial charge in [-0.05, 0) is 44.0 Å². The molecule has 1 atom stereocenters. The minimum atomic E-state index is -0.773. The van der Waals surface area contributed by atoms with E-state index in [4.69, 9.17) is 0 Å². The number of rotatable bonds is 6. The van der Waals surface area contributed by atoms with Crippen molar-refractivity contribution in [3.8, 4) is 0 Å². The van der Waals surface area contributed by atoms with Crippen molar-refractivity contribution >= 4 is 11.8 Å². The second-order valence-electron chi connectivity index (χ2n) is 5.18. The quantitative estimate of drug-likeness (QED) is 0.854. The van der Waals surface area contributed by atoms with Crippen molar-refractivity contribution in [2.45, 2.75) is 43.4 Å². The molecule has 4 heteroatoms. The number of likely N-dealkylation sites (N-methyl/N-ethyl adjacent to an activating group) is 1. The summed E-state index contributed by atoms with van der Waals surface area (Å²) in [5, 5.41) is 4.06. The van der Waals surface area contributed by atoms with Crippen LogP contribution in [0, 0.1) is 11.6 Å². The van der Waals surface area contributed by atoms with Gasteiger partial charge in [0, 0.05) is 17.0 Å². The average Bonchev–Trinajstić information content (AvgIpc) is 2.92. The van der Waals surface area contributed by atoms with Crippen molar-refractivity contribution in [1.29, 1.82) is 0 Å². The van der Waals surface area contributed by atoms with Crippen molar-refractivity contribution in [2.75, 3.05) is 12.8 Å². The van der Waals surface area contributed by atoms with E-state index in [-0.39, 0.29) is 0 Å². The molecule has 19 heavy (non-hydrogen) atoms. The summed E-state index contributed by atoms with van der Waals surface area (Å²) in [6.45, 7) is 0. The van der Waals surface area contributed by atoms with E-state index < -0.39 is 11.6 Å². The lowest BCUT2D eigenvalue weighted by Gasteiger charge is -2.18. The van der Waals surface area contributed by atoms with Crippen LogP contribution in [0.15, 0.2) is 18.2 Å². The number of halogens is 2. The molecule has 106 valence electrons. The monoisotopic (exact) mass is 285 g/mol. The number of hydrogen-bond acceptors (Lipinski definition) is 2. The SMILES string of the molecule is CNC(CSC1CCCC1)Cc1ccc(F)c(F)c1. The van der Waals surface area contributed by atoms with Gasteiger partial charge in [0.15, 0.2) is 11.6 Å². The Hall–Kier alpha value is -0.610. The molecule has 1 nitrogen and oxygen atoms in total. The normalized spacial score (nSPS) is 17.8. The third-order valence-electron chi connectivity index (χ3n) is 3.71. The summed E-state index contributed by atoms with van der Waals surface area (Å²) < 4.78 is 26.0. The average molecular weight is 285 g/mol. The fourth-order valence-electron chi connectivity index (χ4n) is 2.50. The summed E-state index contributed by atoms with van der Waals surface area (Å²) in [7, 11) is 1.93. The molecule has 1 aliphatic rings. The van der Waals surface area contributed by atoms with Crippen molar-refractivity contribution in [2.24, 2.45) is 0 Å². The lowest BCUT2D eigenvalue weighted by Crippen LogP contribution is -2.30. The molecule has 1 aliphatic carbocycles.